The van der Waals surface area contributed by atoms with Crippen molar-refractivity contribution in [2.45, 2.75) is 26.3 Å². The predicted octanol–water partition coefficient (Wildman–Crippen LogP) is 2.37. The van der Waals surface area contributed by atoms with Crippen LogP contribution in [-0.2, 0) is 16.6 Å². The summed E-state index contributed by atoms with van der Waals surface area (Å²) in [6.07, 6.45) is 1.24. The largest absolute Gasteiger partial charge is 0.338 e. The van der Waals surface area contributed by atoms with E-state index < -0.39 is 27.5 Å². The van der Waals surface area contributed by atoms with Gasteiger partial charge in [0.15, 0.2) is 17.5 Å². The van der Waals surface area contributed by atoms with Crippen molar-refractivity contribution in [3.05, 3.63) is 35.5 Å². The third kappa shape index (κ3) is 4.52. The van der Waals surface area contributed by atoms with Crippen molar-refractivity contribution in [2.24, 2.45) is 0 Å². The molecule has 0 aliphatic heterocycles. The van der Waals surface area contributed by atoms with Crippen molar-refractivity contribution in [1.82, 2.24) is 14.9 Å². The second kappa shape index (κ2) is 7.09. The molecule has 1 aromatic carbocycles. The van der Waals surface area contributed by atoms with Crippen LogP contribution in [0.25, 0.3) is 11.4 Å². The summed E-state index contributed by atoms with van der Waals surface area (Å²) in [7, 11) is -3.46. The van der Waals surface area contributed by atoms with E-state index in [0.29, 0.717) is 6.42 Å². The number of unbranched alkanes of at least 4 members (excludes halogenated alkanes) is 1. The lowest BCUT2D eigenvalue weighted by molar-refractivity contribution is 0.375. The van der Waals surface area contributed by atoms with Gasteiger partial charge in [0.2, 0.25) is 21.7 Å². The van der Waals surface area contributed by atoms with E-state index in [4.69, 9.17) is 4.52 Å². The predicted molar refractivity (Wildman–Crippen MR) is 75.1 cm³/mol. The van der Waals surface area contributed by atoms with Crippen LogP contribution < -0.4 is 4.72 Å². The molecule has 0 amide bonds. The fourth-order valence-electron chi connectivity index (χ4n) is 1.71. The molecule has 0 fully saturated rings. The molecule has 0 bridgehead atoms. The zero-order valence-corrected chi connectivity index (χ0v) is 13.0. The summed E-state index contributed by atoms with van der Waals surface area (Å²) in [5.74, 6) is -4.64. The summed E-state index contributed by atoms with van der Waals surface area (Å²) in [5, 5.41) is 3.48. The highest BCUT2D eigenvalue weighted by Crippen LogP contribution is 2.21. The molecule has 23 heavy (non-hydrogen) atoms. The Morgan fingerprint density at radius 3 is 2.48 bits per heavy atom. The average Bonchev–Trinajstić information content (AvgIpc) is 2.97. The number of sulfonamides is 1. The summed E-state index contributed by atoms with van der Waals surface area (Å²) in [4.78, 5) is 3.82. The molecule has 126 valence electrons. The van der Waals surface area contributed by atoms with E-state index in [1.165, 1.54) is 0 Å². The van der Waals surface area contributed by atoms with Crippen LogP contribution in [0.2, 0.25) is 0 Å². The first-order valence-corrected chi connectivity index (χ1v) is 8.42. The molecule has 6 nitrogen and oxygen atoms in total. The van der Waals surface area contributed by atoms with E-state index >= 15 is 0 Å². The molecule has 0 aliphatic carbocycles. The molecule has 2 aromatic rings. The molecule has 0 radical (unpaired) electrons. The van der Waals surface area contributed by atoms with E-state index in [0.717, 1.165) is 18.6 Å². The zero-order valence-electron chi connectivity index (χ0n) is 12.1. The molecule has 2 rings (SSSR count). The summed E-state index contributed by atoms with van der Waals surface area (Å²) in [5.41, 5.74) is -0.120. The monoisotopic (exact) mass is 349 g/mol. The molecular weight excluding hydrogens is 335 g/mol. The van der Waals surface area contributed by atoms with Crippen LogP contribution in [0.3, 0.4) is 0 Å². The van der Waals surface area contributed by atoms with E-state index in [2.05, 4.69) is 14.9 Å². The van der Waals surface area contributed by atoms with Gasteiger partial charge in [-0.3, -0.25) is 0 Å². The fourth-order valence-corrected chi connectivity index (χ4v) is 2.86. The molecule has 0 aliphatic rings. The van der Waals surface area contributed by atoms with Gasteiger partial charge in [0, 0.05) is 5.56 Å². The van der Waals surface area contributed by atoms with Crippen molar-refractivity contribution >= 4 is 10.0 Å². The Labute approximate surface area is 130 Å². The number of benzene rings is 1. The van der Waals surface area contributed by atoms with E-state index in [9.17, 15) is 21.6 Å². The van der Waals surface area contributed by atoms with Crippen molar-refractivity contribution < 1.29 is 26.1 Å². The maximum atomic E-state index is 13.2. The molecule has 0 saturated heterocycles. The number of nitrogens with zero attached hydrogens (tertiary/aromatic N) is 2. The lowest BCUT2D eigenvalue weighted by Crippen LogP contribution is -2.26. The lowest BCUT2D eigenvalue weighted by Gasteiger charge is -2.02. The van der Waals surface area contributed by atoms with Gasteiger partial charge < -0.3 is 4.52 Å². The van der Waals surface area contributed by atoms with Gasteiger partial charge in [-0.1, -0.05) is 18.5 Å². The van der Waals surface area contributed by atoms with Crippen LogP contribution in [0.15, 0.2) is 16.7 Å². The molecule has 10 heteroatoms. The van der Waals surface area contributed by atoms with E-state index in [-0.39, 0.29) is 29.6 Å². The summed E-state index contributed by atoms with van der Waals surface area (Å²) in [6, 6.07) is 1.44. The van der Waals surface area contributed by atoms with Crippen molar-refractivity contribution in [2.75, 3.05) is 5.75 Å². The Kier molecular flexibility index (Phi) is 5.37. The first-order valence-electron chi connectivity index (χ1n) is 6.77. The number of nitrogens with one attached hydrogen (secondary N) is 1. The van der Waals surface area contributed by atoms with Gasteiger partial charge in [-0.25, -0.2) is 26.3 Å². The summed E-state index contributed by atoms with van der Waals surface area (Å²) >= 11 is 0. The quantitative estimate of drug-likeness (QED) is 0.776. The third-order valence-corrected chi connectivity index (χ3v) is 4.33. The highest BCUT2D eigenvalue weighted by atomic mass is 32.2. The molecule has 0 spiro atoms. The van der Waals surface area contributed by atoms with Crippen molar-refractivity contribution in [3.63, 3.8) is 0 Å². The number of hydrogen-bond acceptors (Lipinski definition) is 5. The van der Waals surface area contributed by atoms with Gasteiger partial charge >= 0.3 is 0 Å². The molecule has 0 unspecified atom stereocenters. The normalized spacial score (nSPS) is 11.8. The number of halogens is 3. The SMILES string of the molecule is CCCCS(=O)(=O)NCc1nc(-c2cc(F)c(F)c(F)c2)no1. The third-order valence-electron chi connectivity index (χ3n) is 2.92. The second-order valence-corrected chi connectivity index (χ2v) is 6.69. The Bertz CT molecular complexity index is 770. The first kappa shape index (κ1) is 17.4. The summed E-state index contributed by atoms with van der Waals surface area (Å²) < 4.78 is 69.5. The van der Waals surface area contributed by atoms with E-state index in [1.54, 1.807) is 0 Å². The highest BCUT2D eigenvalue weighted by molar-refractivity contribution is 7.89. The van der Waals surface area contributed by atoms with Crippen molar-refractivity contribution in [3.8, 4) is 11.4 Å². The van der Waals surface area contributed by atoms with E-state index in [1.807, 2.05) is 6.92 Å². The van der Waals surface area contributed by atoms with Crippen LogP contribution in [-0.4, -0.2) is 24.3 Å². The number of aromatic nitrogens is 2. The molecule has 1 aromatic heterocycles. The van der Waals surface area contributed by atoms with Crippen LogP contribution >= 0.6 is 0 Å². The minimum atomic E-state index is -3.46. The van der Waals surface area contributed by atoms with Gasteiger partial charge in [-0.15, -0.1) is 0 Å². The van der Waals surface area contributed by atoms with Gasteiger partial charge in [-0.05, 0) is 18.6 Å². The number of rotatable bonds is 7. The lowest BCUT2D eigenvalue weighted by atomic mass is 10.2. The van der Waals surface area contributed by atoms with Crippen LogP contribution in [0.5, 0.6) is 0 Å². The first-order chi connectivity index (χ1) is 10.8. The van der Waals surface area contributed by atoms with Gasteiger partial charge in [0.25, 0.3) is 0 Å². The van der Waals surface area contributed by atoms with Gasteiger partial charge in [-0.2, -0.15) is 4.98 Å². The minimum absolute atomic E-state index is 0.0289. The van der Waals surface area contributed by atoms with Gasteiger partial charge in [0.05, 0.1) is 12.3 Å². The average molecular weight is 349 g/mol. The smallest absolute Gasteiger partial charge is 0.242 e. The van der Waals surface area contributed by atoms with Crippen molar-refractivity contribution in [1.29, 1.82) is 0 Å². The molecule has 0 atom stereocenters. The van der Waals surface area contributed by atoms with Crippen LogP contribution in [0.4, 0.5) is 13.2 Å². The maximum absolute atomic E-state index is 13.2. The fraction of sp³-hybridized carbons (Fsp3) is 0.385. The standard InChI is InChI=1S/C13H14F3N3O3S/c1-2-3-4-23(20,21)17-7-11-18-13(19-22-11)8-5-9(14)12(16)10(15)6-8/h5-6,17H,2-4,7H2,1H3. The zero-order chi connectivity index (χ0) is 17.0. The van der Waals surface area contributed by atoms with Crippen LogP contribution in [0, 0.1) is 17.5 Å². The molecule has 1 N–H and O–H groups in total. The Hall–Kier alpha value is -1.94. The molecule has 1 heterocycles. The maximum Gasteiger partial charge on any atom is 0.242 e. The number of hydrogen-bond donors (Lipinski definition) is 1. The topological polar surface area (TPSA) is 85.1 Å². The second-order valence-electron chi connectivity index (χ2n) is 4.76. The van der Waals surface area contributed by atoms with Crippen LogP contribution in [0.1, 0.15) is 25.7 Å². The Morgan fingerprint density at radius 2 is 1.87 bits per heavy atom. The van der Waals surface area contributed by atoms with Gasteiger partial charge in [0.1, 0.15) is 0 Å². The molecule has 0 saturated carbocycles. The Morgan fingerprint density at radius 1 is 1.22 bits per heavy atom. The highest BCUT2D eigenvalue weighted by Gasteiger charge is 2.17. The molecular formula is C13H14F3N3O3S. The summed E-state index contributed by atoms with van der Waals surface area (Å²) in [6.45, 7) is 1.62. The Balaban J connectivity index is 2.09. The minimum Gasteiger partial charge on any atom is -0.338 e.